The molecule has 0 spiro atoms. The molecule has 0 atom stereocenters. The van der Waals surface area contributed by atoms with Gasteiger partial charge in [0, 0.05) is 35.2 Å². The number of carboxylic acid groups (broad SMARTS) is 1. The second-order valence-electron chi connectivity index (χ2n) is 8.39. The van der Waals surface area contributed by atoms with E-state index in [1.807, 2.05) is 0 Å². The molecule has 0 saturated heterocycles. The number of halogens is 1. The molecule has 2 aromatic carbocycles. The summed E-state index contributed by atoms with van der Waals surface area (Å²) in [6, 6.07) is 14.0. The SMILES string of the molecule is COc1ccc(-n2nc(C(=O)O)c3c2C(=O)N(c2ccc(NC(=O)CCCCCBr)cc2)CC3)cc1. The maximum Gasteiger partial charge on any atom is 0.356 e. The minimum Gasteiger partial charge on any atom is -0.497 e. The molecule has 1 aliphatic rings. The van der Waals surface area contributed by atoms with Crippen LogP contribution in [0, 0.1) is 0 Å². The second-order valence-corrected chi connectivity index (χ2v) is 9.19. The summed E-state index contributed by atoms with van der Waals surface area (Å²) >= 11 is 3.39. The fourth-order valence-corrected chi connectivity index (χ4v) is 4.59. The first-order valence-electron chi connectivity index (χ1n) is 11.7. The second kappa shape index (κ2) is 11.4. The van der Waals surface area contributed by atoms with Gasteiger partial charge in [-0.25, -0.2) is 9.48 Å². The average Bonchev–Trinajstić information content (AvgIpc) is 3.28. The number of rotatable bonds is 10. The molecule has 2 heterocycles. The van der Waals surface area contributed by atoms with Crippen molar-refractivity contribution in [2.45, 2.75) is 32.1 Å². The van der Waals surface area contributed by atoms with Gasteiger partial charge < -0.3 is 20.1 Å². The van der Waals surface area contributed by atoms with Crippen LogP contribution in [-0.4, -0.2) is 51.7 Å². The zero-order chi connectivity index (χ0) is 25.7. The number of hydrogen-bond donors (Lipinski definition) is 2. The van der Waals surface area contributed by atoms with Gasteiger partial charge >= 0.3 is 5.97 Å². The van der Waals surface area contributed by atoms with E-state index in [1.165, 1.54) is 4.68 Å². The van der Waals surface area contributed by atoms with Gasteiger partial charge in [0.05, 0.1) is 12.8 Å². The molecule has 0 saturated carbocycles. The van der Waals surface area contributed by atoms with Crippen LogP contribution in [0.5, 0.6) is 5.75 Å². The summed E-state index contributed by atoms with van der Waals surface area (Å²) in [7, 11) is 1.55. The first-order chi connectivity index (χ1) is 17.4. The Bertz CT molecular complexity index is 1250. The number of methoxy groups -OCH3 is 1. The van der Waals surface area contributed by atoms with Crippen molar-refractivity contribution in [3.05, 3.63) is 65.5 Å². The van der Waals surface area contributed by atoms with Crippen LogP contribution < -0.4 is 15.0 Å². The quantitative estimate of drug-likeness (QED) is 0.278. The Morgan fingerprint density at radius 3 is 2.39 bits per heavy atom. The predicted molar refractivity (Wildman–Crippen MR) is 140 cm³/mol. The lowest BCUT2D eigenvalue weighted by molar-refractivity contribution is -0.116. The Kier molecular flexibility index (Phi) is 8.04. The molecule has 2 amide bonds. The molecule has 188 valence electrons. The molecule has 2 N–H and O–H groups in total. The predicted octanol–water partition coefficient (Wildman–Crippen LogP) is 4.68. The number of amides is 2. The number of unbranched alkanes of at least 4 members (excludes halogenated alkanes) is 2. The molecule has 0 unspecified atom stereocenters. The number of carbonyl (C=O) groups excluding carboxylic acids is 2. The van der Waals surface area contributed by atoms with Gasteiger partial charge in [0.2, 0.25) is 5.91 Å². The molecule has 1 aliphatic heterocycles. The van der Waals surface area contributed by atoms with Crippen molar-refractivity contribution in [2.75, 3.05) is 29.2 Å². The third-order valence-electron chi connectivity index (χ3n) is 6.04. The van der Waals surface area contributed by atoms with Gasteiger partial charge in [0.1, 0.15) is 11.4 Å². The number of fused-ring (bicyclic) bond motifs is 1. The van der Waals surface area contributed by atoms with Crippen LogP contribution in [0.15, 0.2) is 48.5 Å². The first kappa shape index (κ1) is 25.4. The summed E-state index contributed by atoms with van der Waals surface area (Å²) in [5.41, 5.74) is 2.39. The molecule has 0 aliphatic carbocycles. The molecule has 0 radical (unpaired) electrons. The summed E-state index contributed by atoms with van der Waals surface area (Å²) in [6.45, 7) is 0.319. The third-order valence-corrected chi connectivity index (χ3v) is 6.60. The fourth-order valence-electron chi connectivity index (χ4n) is 4.19. The van der Waals surface area contributed by atoms with Crippen molar-refractivity contribution in [3.8, 4) is 11.4 Å². The van der Waals surface area contributed by atoms with E-state index < -0.39 is 5.97 Å². The summed E-state index contributed by atoms with van der Waals surface area (Å²) < 4.78 is 6.58. The van der Waals surface area contributed by atoms with Crippen molar-refractivity contribution >= 4 is 45.1 Å². The highest BCUT2D eigenvalue weighted by Gasteiger charge is 2.35. The molecule has 3 aromatic rings. The van der Waals surface area contributed by atoms with Crippen LogP contribution in [-0.2, 0) is 11.2 Å². The van der Waals surface area contributed by atoms with Gasteiger partial charge in [0.25, 0.3) is 5.91 Å². The number of benzene rings is 2. The zero-order valence-corrected chi connectivity index (χ0v) is 21.5. The molecule has 9 nitrogen and oxygen atoms in total. The number of ether oxygens (including phenoxy) is 1. The van der Waals surface area contributed by atoms with Gasteiger partial charge in [-0.15, -0.1) is 0 Å². The van der Waals surface area contributed by atoms with Crippen molar-refractivity contribution in [2.24, 2.45) is 0 Å². The van der Waals surface area contributed by atoms with Crippen LogP contribution in [0.1, 0.15) is 52.2 Å². The van der Waals surface area contributed by atoms with Crippen molar-refractivity contribution < 1.29 is 24.2 Å². The van der Waals surface area contributed by atoms with Crippen molar-refractivity contribution in [1.29, 1.82) is 0 Å². The third kappa shape index (κ3) is 5.43. The smallest absolute Gasteiger partial charge is 0.356 e. The van der Waals surface area contributed by atoms with Gasteiger partial charge in [-0.05, 0) is 67.8 Å². The molecule has 10 heteroatoms. The zero-order valence-electron chi connectivity index (χ0n) is 19.9. The molecule has 0 bridgehead atoms. The highest BCUT2D eigenvalue weighted by atomic mass is 79.9. The van der Waals surface area contributed by atoms with Crippen molar-refractivity contribution in [1.82, 2.24) is 9.78 Å². The highest BCUT2D eigenvalue weighted by Crippen LogP contribution is 2.30. The Labute approximate surface area is 217 Å². The molecular weight excluding hydrogens is 528 g/mol. The first-order valence-corrected chi connectivity index (χ1v) is 12.8. The van der Waals surface area contributed by atoms with Crippen LogP contribution >= 0.6 is 15.9 Å². The van der Waals surface area contributed by atoms with Gasteiger partial charge in [-0.3, -0.25) is 9.59 Å². The van der Waals surface area contributed by atoms with Gasteiger partial charge in [0.15, 0.2) is 5.69 Å². The number of nitrogens with one attached hydrogen (secondary N) is 1. The van der Waals surface area contributed by atoms with E-state index in [9.17, 15) is 19.5 Å². The summed E-state index contributed by atoms with van der Waals surface area (Å²) in [5.74, 6) is -0.916. The van der Waals surface area contributed by atoms with E-state index in [0.717, 1.165) is 24.6 Å². The van der Waals surface area contributed by atoms with E-state index in [2.05, 4.69) is 26.3 Å². The number of carbonyl (C=O) groups is 3. The minimum absolute atomic E-state index is 0.0411. The topological polar surface area (TPSA) is 114 Å². The maximum atomic E-state index is 13.6. The Morgan fingerprint density at radius 2 is 1.75 bits per heavy atom. The van der Waals surface area contributed by atoms with Gasteiger partial charge in [-0.1, -0.05) is 22.4 Å². The number of nitrogens with zero attached hydrogens (tertiary/aromatic N) is 3. The standard InChI is InChI=1S/C26H27BrN4O5/c1-36-20-12-10-19(11-13-20)31-24-21(23(29-31)26(34)35)14-16-30(25(24)33)18-8-6-17(7-9-18)28-22(32)5-3-2-4-15-27/h6-13H,2-5,14-16H2,1H3,(H,28,32)(H,34,35). The van der Waals surface area contributed by atoms with E-state index in [1.54, 1.807) is 60.5 Å². The van der Waals surface area contributed by atoms with E-state index in [0.29, 0.717) is 47.8 Å². The minimum atomic E-state index is -1.17. The van der Waals surface area contributed by atoms with E-state index in [-0.39, 0.29) is 23.2 Å². The Hall–Kier alpha value is -3.66. The number of hydrogen-bond acceptors (Lipinski definition) is 5. The van der Waals surface area contributed by atoms with Crippen LogP contribution in [0.25, 0.3) is 5.69 Å². The summed E-state index contributed by atoms with van der Waals surface area (Å²) in [4.78, 5) is 39.2. The summed E-state index contributed by atoms with van der Waals surface area (Å²) in [5, 5.41) is 17.8. The normalized spacial score (nSPS) is 12.8. The highest BCUT2D eigenvalue weighted by molar-refractivity contribution is 9.09. The maximum absolute atomic E-state index is 13.6. The largest absolute Gasteiger partial charge is 0.497 e. The van der Waals surface area contributed by atoms with Gasteiger partial charge in [-0.2, -0.15) is 5.10 Å². The molecule has 4 rings (SSSR count). The lowest BCUT2D eigenvalue weighted by Gasteiger charge is -2.28. The Morgan fingerprint density at radius 1 is 1.06 bits per heavy atom. The Balaban J connectivity index is 1.55. The van der Waals surface area contributed by atoms with Crippen LogP contribution in [0.3, 0.4) is 0 Å². The van der Waals surface area contributed by atoms with Crippen LogP contribution in [0.2, 0.25) is 0 Å². The lowest BCUT2D eigenvalue weighted by Crippen LogP contribution is -2.39. The monoisotopic (exact) mass is 554 g/mol. The number of carboxylic acids is 1. The lowest BCUT2D eigenvalue weighted by atomic mass is 10.0. The molecule has 36 heavy (non-hydrogen) atoms. The molecule has 0 fully saturated rings. The number of aromatic carboxylic acids is 1. The van der Waals surface area contributed by atoms with Crippen molar-refractivity contribution in [3.63, 3.8) is 0 Å². The van der Waals surface area contributed by atoms with E-state index in [4.69, 9.17) is 4.74 Å². The number of aromatic nitrogens is 2. The van der Waals surface area contributed by atoms with Crippen LogP contribution in [0.4, 0.5) is 11.4 Å². The summed E-state index contributed by atoms with van der Waals surface area (Å²) in [6.07, 6.45) is 3.68. The fraction of sp³-hybridized carbons (Fsp3) is 0.308. The van der Waals surface area contributed by atoms with E-state index >= 15 is 0 Å². The number of alkyl halides is 1. The average molecular weight is 555 g/mol. The molecule has 1 aromatic heterocycles. The number of anilines is 2. The molecular formula is C26H27BrN4O5.